The van der Waals surface area contributed by atoms with Crippen molar-refractivity contribution in [1.29, 1.82) is 0 Å². The maximum absolute atomic E-state index is 15.1. The predicted molar refractivity (Wildman–Crippen MR) is 330 cm³/mol. The van der Waals surface area contributed by atoms with E-state index in [1.54, 1.807) is 19.9 Å². The number of esters is 1. The number of hydrogen-bond acceptors (Lipinski definition) is 14. The summed E-state index contributed by atoms with van der Waals surface area (Å²) >= 11 is 0. The van der Waals surface area contributed by atoms with Crippen molar-refractivity contribution in [2.75, 3.05) is 19.8 Å². The van der Waals surface area contributed by atoms with Crippen LogP contribution in [0.3, 0.4) is 0 Å². The molecule has 0 radical (unpaired) electrons. The smallest absolute Gasteiger partial charge is 0.333 e. The van der Waals surface area contributed by atoms with Gasteiger partial charge in [0.1, 0.15) is 36.6 Å². The fourth-order valence-corrected chi connectivity index (χ4v) is 11.9. The first-order chi connectivity index (χ1) is 41.5. The lowest BCUT2D eigenvalue weighted by Crippen LogP contribution is -2.44. The van der Waals surface area contributed by atoms with Crippen molar-refractivity contribution >= 4 is 5.97 Å². The summed E-state index contributed by atoms with van der Waals surface area (Å²) in [7, 11) is 0. The van der Waals surface area contributed by atoms with Crippen LogP contribution in [0.5, 0.6) is 0 Å². The van der Waals surface area contributed by atoms with Gasteiger partial charge in [-0.25, -0.2) is 9.59 Å². The molecular weight excluding hydrogens is 1120 g/mol. The summed E-state index contributed by atoms with van der Waals surface area (Å²) < 4.78 is 76.0. The van der Waals surface area contributed by atoms with E-state index in [1.807, 2.05) is 19.9 Å². The normalized spacial score (nSPS) is 26.1. The third kappa shape index (κ3) is 20.2. The number of fused-ring (bicyclic) bond motifs is 2. The van der Waals surface area contributed by atoms with E-state index in [0.717, 1.165) is 132 Å². The average Bonchev–Trinajstić information content (AvgIpc) is 1.68. The Balaban J connectivity index is 0.000000279. The van der Waals surface area contributed by atoms with Crippen LogP contribution in [0.15, 0.2) is 101 Å². The second-order valence-corrected chi connectivity index (χ2v) is 24.9. The zero-order valence-corrected chi connectivity index (χ0v) is 53.5. The van der Waals surface area contributed by atoms with E-state index in [1.165, 1.54) is 54.4 Å². The zero-order valence-electron chi connectivity index (χ0n) is 53.5. The Hall–Kier alpha value is -5.19. The largest absolute Gasteiger partial charge is 0.466 e. The first-order valence-corrected chi connectivity index (χ1v) is 31.8. The summed E-state index contributed by atoms with van der Waals surface area (Å²) in [5, 5.41) is 20.1. The highest BCUT2D eigenvalue weighted by Gasteiger charge is 2.59. The fraction of sp³-hybridized carbons (Fsp3) is 0.687. The van der Waals surface area contributed by atoms with Gasteiger partial charge in [0.05, 0.1) is 38.6 Å². The molecule has 7 rings (SSSR count). The van der Waals surface area contributed by atoms with Crippen LogP contribution in [0, 0.1) is 11.6 Å². The van der Waals surface area contributed by atoms with Gasteiger partial charge in [-0.2, -0.15) is 8.78 Å². The van der Waals surface area contributed by atoms with Crippen molar-refractivity contribution in [2.24, 2.45) is 0 Å². The van der Waals surface area contributed by atoms with Gasteiger partial charge in [-0.15, -0.1) is 0 Å². The molecule has 5 unspecified atom stereocenters. The highest BCUT2D eigenvalue weighted by Crippen LogP contribution is 2.48. The predicted octanol–water partition coefficient (Wildman–Crippen LogP) is 11.5. The maximum atomic E-state index is 15.1. The van der Waals surface area contributed by atoms with Crippen molar-refractivity contribution in [3.63, 3.8) is 0 Å². The number of nitrogens with zero attached hydrogens (tertiary/aromatic N) is 4. The minimum absolute atomic E-state index is 0.0372. The molecular formula is C67H100F2N4O14. The molecule has 5 fully saturated rings. The molecule has 1 spiro atoms. The van der Waals surface area contributed by atoms with Gasteiger partial charge >= 0.3 is 17.3 Å². The SMILES string of the molecule is CC(C)=CCC/C(C)=C/CC/C(C)=C/Cn1c(=O)c(F)cn([C@@H]2O[C@H](CO)C3OC4(CCCCCCCCCCC4)OC32)c1=O.CCOC(=O)CCC1(C)OC2C(O1)[C@@H](CO)O[C@H]2n1cc(F)c(=O)n(C/C=C(\C)CC/C=C(\C)CCC=C(C)C)c1=O. The van der Waals surface area contributed by atoms with Gasteiger partial charge in [0.2, 0.25) is 11.6 Å². The lowest BCUT2D eigenvalue weighted by molar-refractivity contribution is -0.228. The van der Waals surface area contributed by atoms with Crippen LogP contribution < -0.4 is 22.5 Å². The Morgan fingerprint density at radius 2 is 0.920 bits per heavy atom. The molecule has 5 aliphatic rings. The minimum atomic E-state index is -1.22. The Morgan fingerprint density at radius 1 is 0.552 bits per heavy atom. The molecule has 2 aromatic heterocycles. The molecule has 1 saturated carbocycles. The molecule has 20 heteroatoms. The van der Waals surface area contributed by atoms with E-state index in [4.69, 9.17) is 33.2 Å². The first kappa shape index (κ1) is 70.9. The summed E-state index contributed by atoms with van der Waals surface area (Å²) in [6.07, 6.45) is 26.6. The summed E-state index contributed by atoms with van der Waals surface area (Å²) in [4.78, 5) is 64.4. The van der Waals surface area contributed by atoms with Crippen molar-refractivity contribution in [2.45, 2.75) is 278 Å². The number of ether oxygens (including phenoxy) is 7. The van der Waals surface area contributed by atoms with Gasteiger partial charge in [0.25, 0.3) is 11.1 Å². The topological polar surface area (TPSA) is 210 Å². The molecule has 4 aliphatic heterocycles. The zero-order chi connectivity index (χ0) is 63.4. The molecule has 87 heavy (non-hydrogen) atoms. The van der Waals surface area contributed by atoms with Gasteiger partial charge < -0.3 is 43.4 Å². The number of hydrogen-bond donors (Lipinski definition) is 2. The maximum Gasteiger partial charge on any atom is 0.333 e. The number of aliphatic hydroxyl groups is 2. The minimum Gasteiger partial charge on any atom is -0.466 e. The number of aromatic nitrogens is 4. The molecule has 18 nitrogen and oxygen atoms in total. The Labute approximate surface area is 512 Å². The number of carbonyl (C=O) groups excluding carboxylic acids is 1. The summed E-state index contributed by atoms with van der Waals surface area (Å²) in [5.74, 6) is -4.60. The van der Waals surface area contributed by atoms with Crippen LogP contribution in [0.25, 0.3) is 0 Å². The highest BCUT2D eigenvalue weighted by atomic mass is 19.1. The molecule has 486 valence electrons. The summed E-state index contributed by atoms with van der Waals surface area (Å²) in [6, 6.07) is 0. The molecule has 0 aromatic carbocycles. The molecule has 0 bridgehead atoms. The van der Waals surface area contributed by atoms with Crippen LogP contribution in [0.2, 0.25) is 0 Å². The lowest BCUT2D eigenvalue weighted by Gasteiger charge is -2.32. The fourth-order valence-electron chi connectivity index (χ4n) is 11.9. The summed E-state index contributed by atoms with van der Waals surface area (Å²) in [5.41, 5.74) is 3.78. The van der Waals surface area contributed by atoms with Gasteiger partial charge in [0, 0.05) is 32.4 Å². The monoisotopic (exact) mass is 1220 g/mol. The van der Waals surface area contributed by atoms with Crippen molar-refractivity contribution < 1.29 is 56.9 Å². The highest BCUT2D eigenvalue weighted by molar-refractivity contribution is 5.69. The Bertz CT molecular complexity index is 3020. The Kier molecular flexibility index (Phi) is 27.8. The molecule has 2 N–H and O–H groups in total. The summed E-state index contributed by atoms with van der Waals surface area (Å²) in [6.45, 7) is 19.2. The van der Waals surface area contributed by atoms with Crippen molar-refractivity contribution in [1.82, 2.24) is 18.3 Å². The third-order valence-electron chi connectivity index (χ3n) is 17.0. The van der Waals surface area contributed by atoms with Crippen LogP contribution in [-0.2, 0) is 51.0 Å². The van der Waals surface area contributed by atoms with Gasteiger partial charge in [0.15, 0.2) is 24.0 Å². The average molecular weight is 1220 g/mol. The van der Waals surface area contributed by atoms with Gasteiger partial charge in [-0.05, 0) is 133 Å². The molecule has 4 saturated heterocycles. The van der Waals surface area contributed by atoms with E-state index >= 15 is 4.39 Å². The van der Waals surface area contributed by atoms with Gasteiger partial charge in [-0.3, -0.25) is 32.7 Å². The molecule has 9 atom stereocenters. The van der Waals surface area contributed by atoms with Gasteiger partial charge in [-0.1, -0.05) is 115 Å². The standard InChI is InChI=1S/C36H55FN2O6.C31H45FN2O8/c1-26(2)16-14-17-27(3)18-15-19-28(4)20-23-38-33(41)29(37)24-39(35(38)42)34-32-31(30(25-40)43-34)44-36(45-32)21-12-10-8-6-5-7-9-11-13-22-36;1-7-39-25(36)14-16-31(6)41-26-24(19-35)40-29(27(26)42-31)34-18-23(32)28(37)33(30(34)38)17-15-22(5)13-9-12-21(4)11-8-10-20(2)3/h16,18,20,24,30-32,34,40H,5-15,17,19,21-23,25H2,1-4H3;10,12,15,18,24,26-27,29,35H,7-9,11,13-14,16-17,19H2,1-6H3/b27-18+,28-20+;21-12+,22-15+/t30-,31?,32?,34-;24-,26?,27?,29-,31?/m11/s1. The molecule has 1 aliphatic carbocycles. The van der Waals surface area contributed by atoms with Crippen LogP contribution >= 0.6 is 0 Å². The number of carbonyl (C=O) groups is 1. The molecule has 2 aromatic rings. The molecule has 0 amide bonds. The van der Waals surface area contributed by atoms with Crippen molar-refractivity contribution in [3.05, 3.63) is 136 Å². The van der Waals surface area contributed by atoms with Crippen LogP contribution in [-0.4, -0.2) is 102 Å². The second-order valence-electron chi connectivity index (χ2n) is 24.9. The van der Waals surface area contributed by atoms with Crippen molar-refractivity contribution in [3.8, 4) is 0 Å². The lowest BCUT2D eigenvalue weighted by atomic mass is 9.97. The van der Waals surface area contributed by atoms with Crippen LogP contribution in [0.1, 0.15) is 217 Å². The number of halogens is 2. The number of rotatable bonds is 24. The van der Waals surface area contributed by atoms with E-state index in [2.05, 4.69) is 65.8 Å². The van der Waals surface area contributed by atoms with E-state index in [-0.39, 0.29) is 39.1 Å². The van der Waals surface area contributed by atoms with Crippen LogP contribution in [0.4, 0.5) is 8.78 Å². The van der Waals surface area contributed by atoms with E-state index < -0.39 is 107 Å². The first-order valence-electron chi connectivity index (χ1n) is 31.8. The van der Waals surface area contributed by atoms with E-state index in [0.29, 0.717) is 0 Å². The Morgan fingerprint density at radius 3 is 1.33 bits per heavy atom. The second kappa shape index (κ2) is 34.1. The third-order valence-corrected chi connectivity index (χ3v) is 17.0. The number of allylic oxidation sites excluding steroid dienone is 12. The molecule has 6 heterocycles. The number of aliphatic hydroxyl groups excluding tert-OH is 2. The van der Waals surface area contributed by atoms with E-state index in [9.17, 15) is 38.6 Å². The quantitative estimate of drug-likeness (QED) is 0.0740.